The summed E-state index contributed by atoms with van der Waals surface area (Å²) in [6, 6.07) is 5.48. The zero-order valence-electron chi connectivity index (χ0n) is 11.7. The van der Waals surface area contributed by atoms with Gasteiger partial charge in [-0.05, 0) is 45.7 Å². The lowest BCUT2D eigenvalue weighted by Gasteiger charge is -2.35. The van der Waals surface area contributed by atoms with Crippen LogP contribution in [0.2, 0.25) is 0 Å². The second-order valence-electron chi connectivity index (χ2n) is 5.56. The van der Waals surface area contributed by atoms with Gasteiger partial charge in [0.05, 0.1) is 5.60 Å². The van der Waals surface area contributed by atoms with Crippen LogP contribution in [0.5, 0.6) is 0 Å². The Bertz CT molecular complexity index is 460. The predicted molar refractivity (Wildman–Crippen MR) is 74.2 cm³/mol. The maximum atomic E-state index is 11.9. The van der Waals surface area contributed by atoms with Gasteiger partial charge in [-0.3, -0.25) is 5.32 Å². The average Bonchev–Trinajstić information content (AvgIpc) is 2.27. The molecule has 1 aliphatic rings. The number of nitrogens with one attached hydrogen (secondary N) is 2. The molecule has 2 N–H and O–H groups in total. The number of amides is 2. The molecule has 1 unspecified atom stereocenters. The number of nitrogens with zero attached hydrogens (tertiary/aromatic N) is 1. The highest BCUT2D eigenvalue weighted by atomic mass is 16.5. The van der Waals surface area contributed by atoms with Crippen molar-refractivity contribution in [2.45, 2.75) is 45.3 Å². The third kappa shape index (κ3) is 4.21. The molecule has 1 saturated heterocycles. The number of hydrogen-bond acceptors (Lipinski definition) is 3. The van der Waals surface area contributed by atoms with E-state index in [0.717, 1.165) is 18.5 Å². The monoisotopic (exact) mass is 263 g/mol. The second kappa shape index (κ2) is 5.57. The molecule has 0 aromatic carbocycles. The fraction of sp³-hybridized carbons (Fsp3) is 0.571. The van der Waals surface area contributed by atoms with E-state index in [-0.39, 0.29) is 17.7 Å². The van der Waals surface area contributed by atoms with Crippen LogP contribution in [-0.2, 0) is 4.74 Å². The Morgan fingerprint density at radius 2 is 2.26 bits per heavy atom. The Labute approximate surface area is 113 Å². The molecule has 0 bridgehead atoms. The summed E-state index contributed by atoms with van der Waals surface area (Å²) in [4.78, 5) is 16.1. The van der Waals surface area contributed by atoms with Crippen molar-refractivity contribution >= 4 is 11.8 Å². The molecule has 0 radical (unpaired) electrons. The van der Waals surface area contributed by atoms with E-state index in [1.54, 1.807) is 6.07 Å². The van der Waals surface area contributed by atoms with E-state index >= 15 is 0 Å². The first-order valence-corrected chi connectivity index (χ1v) is 6.60. The maximum Gasteiger partial charge on any atom is 0.320 e. The second-order valence-corrected chi connectivity index (χ2v) is 5.56. The van der Waals surface area contributed by atoms with E-state index < -0.39 is 0 Å². The minimum absolute atomic E-state index is 0.147. The van der Waals surface area contributed by atoms with Gasteiger partial charge in [-0.15, -0.1) is 0 Å². The van der Waals surface area contributed by atoms with Crippen molar-refractivity contribution in [2.75, 3.05) is 11.9 Å². The largest absolute Gasteiger partial charge is 0.375 e. The predicted octanol–water partition coefficient (Wildman–Crippen LogP) is 2.47. The zero-order chi connectivity index (χ0) is 13.9. The Morgan fingerprint density at radius 3 is 2.95 bits per heavy atom. The number of ether oxygens (including phenoxy) is 1. The van der Waals surface area contributed by atoms with Crippen LogP contribution in [-0.4, -0.2) is 29.3 Å². The third-order valence-corrected chi connectivity index (χ3v) is 3.16. The summed E-state index contributed by atoms with van der Waals surface area (Å²) in [7, 11) is 0. The molecular formula is C14H21N3O2. The van der Waals surface area contributed by atoms with Gasteiger partial charge in [0.15, 0.2) is 0 Å². The molecule has 2 heterocycles. The number of aromatic nitrogens is 1. The molecule has 5 heteroatoms. The molecule has 0 spiro atoms. The van der Waals surface area contributed by atoms with E-state index in [0.29, 0.717) is 12.4 Å². The van der Waals surface area contributed by atoms with Crippen LogP contribution in [0.1, 0.15) is 32.4 Å². The zero-order valence-corrected chi connectivity index (χ0v) is 11.7. The number of pyridine rings is 1. The van der Waals surface area contributed by atoms with Crippen LogP contribution in [0.4, 0.5) is 10.6 Å². The molecule has 1 aliphatic heterocycles. The van der Waals surface area contributed by atoms with Gasteiger partial charge in [-0.2, -0.15) is 0 Å². The van der Waals surface area contributed by atoms with Gasteiger partial charge < -0.3 is 10.1 Å². The fourth-order valence-electron chi connectivity index (χ4n) is 2.31. The first-order chi connectivity index (χ1) is 8.94. The molecule has 19 heavy (non-hydrogen) atoms. The van der Waals surface area contributed by atoms with E-state index in [1.165, 1.54) is 0 Å². The highest BCUT2D eigenvalue weighted by Gasteiger charge is 2.29. The Morgan fingerprint density at radius 1 is 1.47 bits per heavy atom. The first-order valence-electron chi connectivity index (χ1n) is 6.60. The molecule has 1 atom stereocenters. The topological polar surface area (TPSA) is 63.2 Å². The highest BCUT2D eigenvalue weighted by Crippen LogP contribution is 2.23. The maximum absolute atomic E-state index is 11.9. The van der Waals surface area contributed by atoms with E-state index in [9.17, 15) is 4.79 Å². The molecule has 1 aromatic heterocycles. The number of anilines is 1. The first kappa shape index (κ1) is 13.8. The smallest absolute Gasteiger partial charge is 0.320 e. The number of rotatable bonds is 2. The van der Waals surface area contributed by atoms with Crippen LogP contribution < -0.4 is 10.6 Å². The van der Waals surface area contributed by atoms with E-state index in [4.69, 9.17) is 4.74 Å². The molecular weight excluding hydrogens is 242 g/mol. The Hall–Kier alpha value is -1.62. The summed E-state index contributed by atoms with van der Waals surface area (Å²) in [5, 5.41) is 5.73. The Balaban J connectivity index is 1.87. The lowest BCUT2D eigenvalue weighted by atomic mass is 9.94. The Kier molecular flexibility index (Phi) is 4.04. The fourth-order valence-corrected chi connectivity index (χ4v) is 2.31. The van der Waals surface area contributed by atoms with Gasteiger partial charge in [-0.25, -0.2) is 9.78 Å². The van der Waals surface area contributed by atoms with Gasteiger partial charge in [-0.1, -0.05) is 6.07 Å². The van der Waals surface area contributed by atoms with Gasteiger partial charge >= 0.3 is 6.03 Å². The van der Waals surface area contributed by atoms with Crippen molar-refractivity contribution in [2.24, 2.45) is 0 Å². The standard InChI is InChI=1S/C14H21N3O2/c1-10-5-4-6-12(15-10)17-13(18)16-11-7-8-19-14(2,3)9-11/h4-6,11H,7-9H2,1-3H3,(H2,15,16,17,18). The minimum atomic E-state index is -0.208. The van der Waals surface area contributed by atoms with Crippen molar-refractivity contribution in [3.8, 4) is 0 Å². The number of urea groups is 1. The number of carbonyl (C=O) groups excluding carboxylic acids is 1. The van der Waals surface area contributed by atoms with E-state index in [1.807, 2.05) is 32.9 Å². The van der Waals surface area contributed by atoms with E-state index in [2.05, 4.69) is 15.6 Å². The van der Waals surface area contributed by atoms with Gasteiger partial charge in [0.25, 0.3) is 0 Å². The number of carbonyl (C=O) groups is 1. The average molecular weight is 263 g/mol. The van der Waals surface area contributed by atoms with Crippen LogP contribution in [0.15, 0.2) is 18.2 Å². The normalized spacial score (nSPS) is 21.7. The van der Waals surface area contributed by atoms with Crippen molar-refractivity contribution < 1.29 is 9.53 Å². The third-order valence-electron chi connectivity index (χ3n) is 3.16. The van der Waals surface area contributed by atoms with Crippen LogP contribution in [0.25, 0.3) is 0 Å². The summed E-state index contributed by atoms with van der Waals surface area (Å²) in [5.74, 6) is 0.573. The van der Waals surface area contributed by atoms with Crippen molar-refractivity contribution in [3.05, 3.63) is 23.9 Å². The van der Waals surface area contributed by atoms with Gasteiger partial charge in [0, 0.05) is 18.3 Å². The molecule has 2 amide bonds. The molecule has 2 rings (SSSR count). The number of aryl methyl sites for hydroxylation is 1. The highest BCUT2D eigenvalue weighted by molar-refractivity contribution is 5.88. The molecule has 1 aromatic rings. The van der Waals surface area contributed by atoms with Crippen molar-refractivity contribution in [3.63, 3.8) is 0 Å². The molecule has 0 aliphatic carbocycles. The number of hydrogen-bond donors (Lipinski definition) is 2. The molecule has 1 fully saturated rings. The summed E-state index contributed by atoms with van der Waals surface area (Å²) in [6.07, 6.45) is 1.67. The summed E-state index contributed by atoms with van der Waals surface area (Å²) in [6.45, 7) is 6.66. The molecule has 104 valence electrons. The van der Waals surface area contributed by atoms with Gasteiger partial charge in [0.1, 0.15) is 5.82 Å². The SMILES string of the molecule is Cc1cccc(NC(=O)NC2CCOC(C)(C)C2)n1. The lowest BCUT2D eigenvalue weighted by molar-refractivity contribution is -0.0609. The van der Waals surface area contributed by atoms with Crippen LogP contribution in [0.3, 0.4) is 0 Å². The minimum Gasteiger partial charge on any atom is -0.375 e. The van der Waals surface area contributed by atoms with Crippen molar-refractivity contribution in [1.29, 1.82) is 0 Å². The summed E-state index contributed by atoms with van der Waals surface area (Å²) in [5.41, 5.74) is 0.711. The van der Waals surface area contributed by atoms with Crippen LogP contribution >= 0.6 is 0 Å². The summed E-state index contributed by atoms with van der Waals surface area (Å²) < 4.78 is 5.63. The summed E-state index contributed by atoms with van der Waals surface area (Å²) >= 11 is 0. The molecule has 0 saturated carbocycles. The van der Waals surface area contributed by atoms with Crippen LogP contribution in [0, 0.1) is 6.92 Å². The van der Waals surface area contributed by atoms with Gasteiger partial charge in [0.2, 0.25) is 0 Å². The lowest BCUT2D eigenvalue weighted by Crippen LogP contribution is -2.47. The molecule has 5 nitrogen and oxygen atoms in total. The van der Waals surface area contributed by atoms with Crippen molar-refractivity contribution in [1.82, 2.24) is 10.3 Å². The quantitative estimate of drug-likeness (QED) is 0.861.